The van der Waals surface area contributed by atoms with E-state index in [4.69, 9.17) is 9.97 Å². The van der Waals surface area contributed by atoms with Crippen molar-refractivity contribution in [3.63, 3.8) is 0 Å². The molecule has 5 aliphatic heterocycles. The van der Waals surface area contributed by atoms with E-state index in [2.05, 4.69) is 74.2 Å². The summed E-state index contributed by atoms with van der Waals surface area (Å²) in [5.41, 5.74) is 5.91. The summed E-state index contributed by atoms with van der Waals surface area (Å²) in [6.45, 7) is 11.1. The van der Waals surface area contributed by atoms with Crippen molar-refractivity contribution in [3.8, 4) is 0 Å². The molecule has 0 spiro atoms. The van der Waals surface area contributed by atoms with Crippen molar-refractivity contribution in [3.05, 3.63) is 82.8 Å². The van der Waals surface area contributed by atoms with E-state index in [-0.39, 0.29) is 36.2 Å². The number of carbonyl (C=O) groups excluding carboxylic acids is 3. The number of rotatable bonds is 9. The minimum Gasteiger partial charge on any atom is -0.371 e. The van der Waals surface area contributed by atoms with Gasteiger partial charge in [-0.15, -0.1) is 0 Å². The van der Waals surface area contributed by atoms with Crippen LogP contribution in [0.5, 0.6) is 0 Å². The van der Waals surface area contributed by atoms with Gasteiger partial charge in [0.15, 0.2) is 0 Å². The zero-order chi connectivity index (χ0) is 40.3. The van der Waals surface area contributed by atoms with Gasteiger partial charge < -0.3 is 24.6 Å². The number of benzene rings is 2. The summed E-state index contributed by atoms with van der Waals surface area (Å²) in [4.78, 5) is 62.0. The molecule has 3 atom stereocenters. The number of H-pyrrole nitrogens is 1. The molecule has 58 heavy (non-hydrogen) atoms. The summed E-state index contributed by atoms with van der Waals surface area (Å²) in [6.07, 6.45) is 9.75. The Morgan fingerprint density at radius 1 is 0.931 bits per heavy atom. The number of nitrogens with one attached hydrogen (secondary N) is 2. The molecule has 306 valence electrons. The first-order valence-electron chi connectivity index (χ1n) is 21.2. The molecule has 0 bridgehead atoms. The Hall–Kier alpha value is -4.88. The van der Waals surface area contributed by atoms with E-state index in [1.165, 1.54) is 10.9 Å². The number of piperidine rings is 3. The van der Waals surface area contributed by atoms with Gasteiger partial charge in [-0.3, -0.25) is 24.6 Å². The van der Waals surface area contributed by atoms with Crippen molar-refractivity contribution in [2.75, 3.05) is 56.1 Å². The van der Waals surface area contributed by atoms with Crippen molar-refractivity contribution in [1.29, 1.82) is 0 Å². The lowest BCUT2D eigenvalue weighted by Gasteiger charge is -2.42. The second-order valence-corrected chi connectivity index (χ2v) is 18.1. The molecule has 0 saturated carbocycles. The van der Waals surface area contributed by atoms with Crippen molar-refractivity contribution in [2.45, 2.75) is 102 Å². The van der Waals surface area contributed by atoms with Crippen LogP contribution >= 0.6 is 0 Å². The van der Waals surface area contributed by atoms with Gasteiger partial charge in [0.2, 0.25) is 17.8 Å². The minimum absolute atomic E-state index is 0.131. The normalized spacial score (nSPS) is 23.9. The molecule has 9 rings (SSSR count). The van der Waals surface area contributed by atoms with E-state index in [0.717, 1.165) is 98.8 Å². The number of anilines is 2. The van der Waals surface area contributed by atoms with Gasteiger partial charge in [-0.25, -0.2) is 14.4 Å². The highest BCUT2D eigenvalue weighted by molar-refractivity contribution is 6.05. The zero-order valence-corrected chi connectivity index (χ0v) is 34.2. The molecule has 4 aromatic rings. The van der Waals surface area contributed by atoms with Gasteiger partial charge in [-0.2, -0.15) is 0 Å². The summed E-state index contributed by atoms with van der Waals surface area (Å²) >= 11 is 0. The Morgan fingerprint density at radius 2 is 1.66 bits per heavy atom. The van der Waals surface area contributed by atoms with E-state index >= 15 is 4.39 Å². The fraction of sp³-hybridized carbons (Fsp3) is 0.533. The molecular weight excluding hydrogens is 734 g/mol. The van der Waals surface area contributed by atoms with E-state index in [0.29, 0.717) is 37.0 Å². The number of fused-ring (bicyclic) bond motifs is 4. The van der Waals surface area contributed by atoms with Crippen LogP contribution in [-0.2, 0) is 22.6 Å². The third-order valence-corrected chi connectivity index (χ3v) is 13.5. The molecule has 3 saturated heterocycles. The van der Waals surface area contributed by atoms with E-state index in [1.54, 1.807) is 18.7 Å². The van der Waals surface area contributed by atoms with Crippen LogP contribution in [0.2, 0.25) is 0 Å². The smallest absolute Gasteiger partial charge is 0.255 e. The summed E-state index contributed by atoms with van der Waals surface area (Å²) in [5.74, 6) is 0.595. The van der Waals surface area contributed by atoms with Gasteiger partial charge in [0.25, 0.3) is 5.91 Å². The molecule has 13 heteroatoms. The zero-order valence-electron chi connectivity index (χ0n) is 34.2. The van der Waals surface area contributed by atoms with Gasteiger partial charge in [-0.05, 0) is 108 Å². The summed E-state index contributed by atoms with van der Waals surface area (Å²) in [7, 11) is 2.27. The quantitative estimate of drug-likeness (QED) is 0.208. The number of halogens is 1. The van der Waals surface area contributed by atoms with Gasteiger partial charge in [0.05, 0.1) is 6.04 Å². The van der Waals surface area contributed by atoms with Gasteiger partial charge in [0.1, 0.15) is 11.7 Å². The SMILES string of the molecule is C[C@@H]1Cc2c([nH]c3ccccc23)[C@@H](c2cnc(N3CCC(CN(C)C4CCN(c5ccc6c(c5)CN(C5CCC(=O)NC5=O)C6=O)CC4)CC3)nc2)N1CC(C)(C)F. The summed E-state index contributed by atoms with van der Waals surface area (Å²) in [6, 6.07) is 14.4. The lowest BCUT2D eigenvalue weighted by Crippen LogP contribution is -2.52. The monoisotopic (exact) mass is 789 g/mol. The average molecular weight is 790 g/mol. The van der Waals surface area contributed by atoms with Crippen LogP contribution in [0.1, 0.15) is 98.1 Å². The van der Waals surface area contributed by atoms with Crippen molar-refractivity contribution >= 4 is 40.3 Å². The maximum atomic E-state index is 15.2. The van der Waals surface area contributed by atoms with E-state index in [1.807, 2.05) is 24.5 Å². The third kappa shape index (κ3) is 7.47. The highest BCUT2D eigenvalue weighted by Gasteiger charge is 2.41. The number of carbonyl (C=O) groups is 3. The number of alkyl halides is 1. The Morgan fingerprint density at radius 3 is 2.38 bits per heavy atom. The minimum atomic E-state index is -1.34. The Labute approximate surface area is 340 Å². The predicted octanol–water partition coefficient (Wildman–Crippen LogP) is 5.62. The lowest BCUT2D eigenvalue weighted by molar-refractivity contribution is -0.136. The van der Waals surface area contributed by atoms with Crippen LogP contribution in [-0.4, -0.2) is 117 Å². The second-order valence-electron chi connectivity index (χ2n) is 18.1. The van der Waals surface area contributed by atoms with Crippen LogP contribution in [0.3, 0.4) is 0 Å². The average Bonchev–Trinajstić information content (AvgIpc) is 3.74. The first-order valence-corrected chi connectivity index (χ1v) is 21.2. The largest absolute Gasteiger partial charge is 0.371 e. The molecule has 1 unspecified atom stereocenters. The summed E-state index contributed by atoms with van der Waals surface area (Å²) in [5, 5.41) is 3.62. The Bertz CT molecular complexity index is 2190. The number of para-hydroxylation sites is 1. The highest BCUT2D eigenvalue weighted by Crippen LogP contribution is 2.42. The molecule has 12 nitrogen and oxygen atoms in total. The van der Waals surface area contributed by atoms with E-state index < -0.39 is 11.7 Å². The molecule has 3 amide bonds. The molecule has 7 heterocycles. The maximum absolute atomic E-state index is 15.2. The number of hydrogen-bond donors (Lipinski definition) is 2. The van der Waals surface area contributed by atoms with Gasteiger partial charge in [-0.1, -0.05) is 18.2 Å². The predicted molar refractivity (Wildman–Crippen MR) is 223 cm³/mol. The van der Waals surface area contributed by atoms with Crippen LogP contribution in [0.15, 0.2) is 54.9 Å². The molecule has 3 fully saturated rings. The van der Waals surface area contributed by atoms with Crippen molar-refractivity contribution in [2.24, 2.45) is 5.92 Å². The van der Waals surface area contributed by atoms with Gasteiger partial charge >= 0.3 is 0 Å². The third-order valence-electron chi connectivity index (χ3n) is 13.5. The maximum Gasteiger partial charge on any atom is 0.255 e. The first kappa shape index (κ1) is 38.6. The number of aromatic amines is 1. The lowest BCUT2D eigenvalue weighted by atomic mass is 9.88. The topological polar surface area (TPSA) is 121 Å². The molecule has 2 aromatic heterocycles. The fourth-order valence-electron chi connectivity index (χ4n) is 10.4. The van der Waals surface area contributed by atoms with Crippen molar-refractivity contribution < 1.29 is 18.8 Å². The molecule has 0 radical (unpaired) electrons. The number of imide groups is 1. The fourth-order valence-corrected chi connectivity index (χ4v) is 10.4. The summed E-state index contributed by atoms with van der Waals surface area (Å²) < 4.78 is 15.2. The van der Waals surface area contributed by atoms with Crippen LogP contribution < -0.4 is 15.1 Å². The number of hydrogen-bond acceptors (Lipinski definition) is 9. The molecule has 2 N–H and O–H groups in total. The molecule has 0 aliphatic carbocycles. The second kappa shape index (κ2) is 15.4. The standard InChI is InChI=1S/C45H56FN9O3/c1-28-21-36-35-7-5-6-8-37(35)49-40(36)41(55(28)27-45(2,3)46)31-23-47-44(48-24-31)53-17-13-29(14-18-53)25-51(4)32-15-19-52(20-16-32)33-9-10-34-30(22-33)26-54(43(34)58)38-11-12-39(56)50-42(38)57/h5-10,22-24,28-29,32,38,41,49H,11-21,25-27H2,1-4H3,(H,50,56,57)/t28-,38?,41-/m1/s1. The first-order chi connectivity index (χ1) is 27.9. The van der Waals surface area contributed by atoms with Crippen LogP contribution in [0.25, 0.3) is 10.9 Å². The van der Waals surface area contributed by atoms with Crippen LogP contribution in [0, 0.1) is 5.92 Å². The van der Waals surface area contributed by atoms with Gasteiger partial charge in [0, 0.05) is 110 Å². The number of aromatic nitrogens is 3. The van der Waals surface area contributed by atoms with E-state index in [9.17, 15) is 14.4 Å². The Kier molecular flexibility index (Phi) is 10.2. The Balaban J connectivity index is 0.781. The molecule has 2 aromatic carbocycles. The molecular formula is C45H56FN9O3. The van der Waals surface area contributed by atoms with Crippen LogP contribution in [0.4, 0.5) is 16.0 Å². The number of nitrogens with zero attached hydrogens (tertiary/aromatic N) is 7. The highest BCUT2D eigenvalue weighted by atomic mass is 19.1. The van der Waals surface area contributed by atoms with Crippen molar-refractivity contribution in [1.82, 2.24) is 35.0 Å². The number of amides is 3. The molecule has 5 aliphatic rings.